The van der Waals surface area contributed by atoms with Gasteiger partial charge in [-0.1, -0.05) is 13.8 Å². The number of rotatable bonds is 7. The predicted octanol–water partition coefficient (Wildman–Crippen LogP) is 1.66. The predicted molar refractivity (Wildman–Crippen MR) is 80.0 cm³/mol. The molecule has 4 N–H and O–H groups in total. The van der Waals surface area contributed by atoms with Gasteiger partial charge in [0.1, 0.15) is 0 Å². The number of fused-ring (bicyclic) bond motifs is 2. The largest absolute Gasteiger partial charge is 0.396 e. The van der Waals surface area contributed by atoms with Gasteiger partial charge in [0.25, 0.3) is 0 Å². The molecule has 0 aromatic heterocycles. The van der Waals surface area contributed by atoms with Crippen LogP contribution in [-0.2, 0) is 4.79 Å². The molecule has 0 aromatic rings. The van der Waals surface area contributed by atoms with Crippen molar-refractivity contribution >= 4 is 5.91 Å². The lowest BCUT2D eigenvalue weighted by atomic mass is 9.78. The van der Waals surface area contributed by atoms with E-state index in [1.165, 1.54) is 12.8 Å². The molecule has 2 fully saturated rings. The number of amides is 1. The molecule has 0 saturated heterocycles. The molecule has 20 heavy (non-hydrogen) atoms. The van der Waals surface area contributed by atoms with Crippen molar-refractivity contribution < 1.29 is 9.90 Å². The van der Waals surface area contributed by atoms with Crippen molar-refractivity contribution in [3.8, 4) is 0 Å². The Morgan fingerprint density at radius 3 is 2.45 bits per heavy atom. The van der Waals surface area contributed by atoms with E-state index in [0.717, 1.165) is 25.7 Å². The van der Waals surface area contributed by atoms with Gasteiger partial charge in [0.05, 0.1) is 5.92 Å². The quantitative estimate of drug-likeness (QED) is 0.665. The van der Waals surface area contributed by atoms with Crippen LogP contribution >= 0.6 is 0 Å². The normalized spacial score (nSPS) is 32.6. The highest BCUT2D eigenvalue weighted by Gasteiger charge is 2.49. The summed E-state index contributed by atoms with van der Waals surface area (Å²) in [6.07, 6.45) is 6.22. The third-order valence-electron chi connectivity index (χ3n) is 6.06. The van der Waals surface area contributed by atoms with Crippen LogP contribution in [0.1, 0.15) is 52.4 Å². The summed E-state index contributed by atoms with van der Waals surface area (Å²) < 4.78 is 0. The first kappa shape index (κ1) is 15.8. The summed E-state index contributed by atoms with van der Waals surface area (Å²) in [5.41, 5.74) is 6.26. The lowest BCUT2D eigenvalue weighted by molar-refractivity contribution is -0.127. The van der Waals surface area contributed by atoms with Gasteiger partial charge in [0.2, 0.25) is 5.91 Å². The number of aliphatic hydroxyl groups is 1. The van der Waals surface area contributed by atoms with Crippen LogP contribution in [0, 0.1) is 23.2 Å². The topological polar surface area (TPSA) is 75.3 Å². The van der Waals surface area contributed by atoms with Crippen molar-refractivity contribution in [2.75, 3.05) is 13.2 Å². The van der Waals surface area contributed by atoms with E-state index in [1.54, 1.807) is 0 Å². The Morgan fingerprint density at radius 2 is 1.95 bits per heavy atom. The molecule has 2 rings (SSSR count). The highest BCUT2D eigenvalue weighted by Crippen LogP contribution is 2.47. The zero-order valence-corrected chi connectivity index (χ0v) is 12.9. The number of nitrogens with one attached hydrogen (secondary N) is 1. The van der Waals surface area contributed by atoms with Crippen molar-refractivity contribution in [2.24, 2.45) is 28.9 Å². The van der Waals surface area contributed by atoms with Gasteiger partial charge in [-0.25, -0.2) is 0 Å². The SMILES string of the molecule is CCC(CC)(CCO)CNC(=O)C1C2CCC(C2)C1N. The summed E-state index contributed by atoms with van der Waals surface area (Å²) in [4.78, 5) is 12.5. The van der Waals surface area contributed by atoms with E-state index in [2.05, 4.69) is 19.2 Å². The summed E-state index contributed by atoms with van der Waals surface area (Å²) in [5.74, 6) is 1.24. The van der Waals surface area contributed by atoms with Crippen molar-refractivity contribution in [1.29, 1.82) is 0 Å². The van der Waals surface area contributed by atoms with Crippen molar-refractivity contribution in [1.82, 2.24) is 5.32 Å². The lowest BCUT2D eigenvalue weighted by Gasteiger charge is -2.33. The molecule has 0 radical (unpaired) electrons. The monoisotopic (exact) mass is 282 g/mol. The average Bonchev–Trinajstić information content (AvgIpc) is 3.04. The fraction of sp³-hybridized carbons (Fsp3) is 0.938. The Hall–Kier alpha value is -0.610. The average molecular weight is 282 g/mol. The van der Waals surface area contributed by atoms with Gasteiger partial charge in [-0.05, 0) is 55.8 Å². The summed E-state index contributed by atoms with van der Waals surface area (Å²) in [5, 5.41) is 12.4. The fourth-order valence-electron chi connectivity index (χ4n) is 4.30. The molecular formula is C16H30N2O2. The maximum atomic E-state index is 12.5. The van der Waals surface area contributed by atoms with E-state index in [-0.39, 0.29) is 29.9 Å². The first-order valence-electron chi connectivity index (χ1n) is 8.21. The molecule has 116 valence electrons. The first-order valence-corrected chi connectivity index (χ1v) is 8.21. The second-order valence-electron chi connectivity index (χ2n) is 6.83. The van der Waals surface area contributed by atoms with E-state index in [4.69, 9.17) is 5.73 Å². The van der Waals surface area contributed by atoms with Crippen molar-refractivity contribution in [3.63, 3.8) is 0 Å². The number of nitrogens with two attached hydrogens (primary N) is 1. The molecule has 4 nitrogen and oxygen atoms in total. The molecule has 4 unspecified atom stereocenters. The summed E-state index contributed by atoms with van der Waals surface area (Å²) in [7, 11) is 0. The number of hydrogen-bond acceptors (Lipinski definition) is 3. The Bertz CT molecular complexity index is 339. The lowest BCUT2D eigenvalue weighted by Crippen LogP contribution is -2.48. The zero-order chi connectivity index (χ0) is 14.8. The Kier molecular flexibility index (Phi) is 5.08. The van der Waals surface area contributed by atoms with Crippen LogP contribution in [0.25, 0.3) is 0 Å². The van der Waals surface area contributed by atoms with Crippen LogP contribution in [0.15, 0.2) is 0 Å². The molecule has 0 aromatic carbocycles. The highest BCUT2D eigenvalue weighted by atomic mass is 16.3. The third kappa shape index (κ3) is 2.86. The maximum absolute atomic E-state index is 12.5. The van der Waals surface area contributed by atoms with Gasteiger partial charge in [-0.2, -0.15) is 0 Å². The fourth-order valence-corrected chi connectivity index (χ4v) is 4.30. The van der Waals surface area contributed by atoms with Crippen LogP contribution in [0.5, 0.6) is 0 Å². The molecule has 4 atom stereocenters. The van der Waals surface area contributed by atoms with Crippen molar-refractivity contribution in [2.45, 2.75) is 58.4 Å². The van der Waals surface area contributed by atoms with Gasteiger partial charge >= 0.3 is 0 Å². The van der Waals surface area contributed by atoms with Crippen molar-refractivity contribution in [3.05, 3.63) is 0 Å². The Labute approximate surface area is 122 Å². The zero-order valence-electron chi connectivity index (χ0n) is 12.9. The van der Waals surface area contributed by atoms with Crippen LogP contribution in [0.3, 0.4) is 0 Å². The summed E-state index contributed by atoms with van der Waals surface area (Å²) in [6.45, 7) is 5.12. The van der Waals surface area contributed by atoms with Crippen LogP contribution in [0.4, 0.5) is 0 Å². The van der Waals surface area contributed by atoms with Gasteiger partial charge in [-0.3, -0.25) is 4.79 Å². The minimum absolute atomic E-state index is 0.0225. The molecule has 0 heterocycles. The molecule has 2 aliphatic rings. The molecule has 0 spiro atoms. The highest BCUT2D eigenvalue weighted by molar-refractivity contribution is 5.80. The Balaban J connectivity index is 1.91. The minimum Gasteiger partial charge on any atom is -0.396 e. The van der Waals surface area contributed by atoms with E-state index in [1.807, 2.05) is 0 Å². The standard InChI is InChI=1S/C16H30N2O2/c1-3-16(4-2,7-8-19)10-18-15(20)13-11-5-6-12(9-11)14(13)17/h11-14,19H,3-10,17H2,1-2H3,(H,18,20). The molecule has 2 saturated carbocycles. The number of carbonyl (C=O) groups excluding carboxylic acids is 1. The van der Waals surface area contributed by atoms with Crippen LogP contribution in [-0.4, -0.2) is 30.2 Å². The van der Waals surface area contributed by atoms with Gasteiger partial charge in [0.15, 0.2) is 0 Å². The third-order valence-corrected chi connectivity index (χ3v) is 6.06. The van der Waals surface area contributed by atoms with E-state index in [9.17, 15) is 9.90 Å². The molecule has 2 bridgehead atoms. The van der Waals surface area contributed by atoms with Gasteiger partial charge in [-0.15, -0.1) is 0 Å². The maximum Gasteiger partial charge on any atom is 0.224 e. The second kappa shape index (κ2) is 6.44. The van der Waals surface area contributed by atoms with E-state index < -0.39 is 0 Å². The molecule has 2 aliphatic carbocycles. The number of aliphatic hydroxyl groups excluding tert-OH is 1. The molecule has 0 aliphatic heterocycles. The summed E-state index contributed by atoms with van der Waals surface area (Å²) in [6, 6.07) is 0.0595. The molecular weight excluding hydrogens is 252 g/mol. The smallest absolute Gasteiger partial charge is 0.224 e. The number of hydrogen-bond donors (Lipinski definition) is 3. The number of carbonyl (C=O) groups is 1. The molecule has 4 heteroatoms. The molecule has 1 amide bonds. The van der Waals surface area contributed by atoms with Gasteiger partial charge < -0.3 is 16.2 Å². The first-order chi connectivity index (χ1) is 9.56. The van der Waals surface area contributed by atoms with E-state index >= 15 is 0 Å². The van der Waals surface area contributed by atoms with Crippen LogP contribution in [0.2, 0.25) is 0 Å². The summed E-state index contributed by atoms with van der Waals surface area (Å²) >= 11 is 0. The second-order valence-corrected chi connectivity index (χ2v) is 6.83. The minimum atomic E-state index is 0.0225. The van der Waals surface area contributed by atoms with Gasteiger partial charge in [0, 0.05) is 19.2 Å². The van der Waals surface area contributed by atoms with Crippen LogP contribution < -0.4 is 11.1 Å². The Morgan fingerprint density at radius 1 is 1.30 bits per heavy atom. The van der Waals surface area contributed by atoms with E-state index in [0.29, 0.717) is 18.4 Å².